The van der Waals surface area contributed by atoms with Crippen molar-refractivity contribution in [3.8, 4) is 5.75 Å². The van der Waals surface area contributed by atoms with Gasteiger partial charge in [0, 0.05) is 15.7 Å². The van der Waals surface area contributed by atoms with E-state index in [4.69, 9.17) is 17.0 Å². The number of nitrogens with one attached hydrogen (secondary N) is 2. The first-order valence-electron chi connectivity index (χ1n) is 6.76. The molecular weight excluding hydrogens is 362 g/mol. The van der Waals surface area contributed by atoms with E-state index in [2.05, 4.69) is 31.8 Å². The van der Waals surface area contributed by atoms with Gasteiger partial charge in [-0.15, -0.1) is 0 Å². The van der Waals surface area contributed by atoms with Gasteiger partial charge in [-0.2, -0.15) is 5.10 Å². The van der Waals surface area contributed by atoms with Crippen molar-refractivity contribution in [2.45, 2.75) is 6.92 Å². The van der Waals surface area contributed by atoms with Crippen LogP contribution in [0.3, 0.4) is 0 Å². The summed E-state index contributed by atoms with van der Waals surface area (Å²) in [6, 6.07) is 15.4. The molecule has 0 aliphatic carbocycles. The lowest BCUT2D eigenvalue weighted by molar-refractivity contribution is 0.339. The molecule has 0 saturated carbocycles. The minimum Gasteiger partial charge on any atom is -0.493 e. The van der Waals surface area contributed by atoms with E-state index < -0.39 is 0 Å². The third-order valence-corrected chi connectivity index (χ3v) is 3.36. The smallest absolute Gasteiger partial charge is 0.191 e. The van der Waals surface area contributed by atoms with Crippen LogP contribution >= 0.6 is 28.1 Å². The summed E-state index contributed by atoms with van der Waals surface area (Å²) in [5.41, 5.74) is 4.56. The predicted molar refractivity (Wildman–Crippen MR) is 98.7 cm³/mol. The van der Waals surface area contributed by atoms with Crippen LogP contribution in [-0.2, 0) is 0 Å². The third kappa shape index (κ3) is 5.13. The minimum atomic E-state index is 0.426. The Labute approximate surface area is 143 Å². The number of para-hydroxylation sites is 1. The zero-order valence-electron chi connectivity index (χ0n) is 12.0. The van der Waals surface area contributed by atoms with Crippen LogP contribution in [0.1, 0.15) is 12.5 Å². The summed E-state index contributed by atoms with van der Waals surface area (Å²) in [6.45, 7) is 2.55. The number of benzene rings is 2. The lowest BCUT2D eigenvalue weighted by Gasteiger charge is -2.08. The Morgan fingerprint density at radius 3 is 2.77 bits per heavy atom. The van der Waals surface area contributed by atoms with Crippen LogP contribution in [0.4, 0.5) is 5.69 Å². The molecule has 2 aromatic carbocycles. The first-order chi connectivity index (χ1) is 10.7. The molecule has 0 unspecified atom stereocenters. The molecule has 2 aromatic rings. The number of hydrazone groups is 1. The quantitative estimate of drug-likeness (QED) is 0.466. The van der Waals surface area contributed by atoms with Crippen LogP contribution in [0.5, 0.6) is 5.75 Å². The van der Waals surface area contributed by atoms with Crippen molar-refractivity contribution < 1.29 is 4.74 Å². The molecule has 0 atom stereocenters. The highest BCUT2D eigenvalue weighted by Gasteiger charge is 2.02. The molecule has 0 spiro atoms. The molecule has 6 heteroatoms. The van der Waals surface area contributed by atoms with Crippen LogP contribution in [0.15, 0.2) is 58.1 Å². The molecule has 0 saturated heterocycles. The number of ether oxygens (including phenoxy) is 1. The molecule has 4 nitrogen and oxygen atoms in total. The Morgan fingerprint density at radius 1 is 1.27 bits per heavy atom. The van der Waals surface area contributed by atoms with Gasteiger partial charge in [0.05, 0.1) is 12.8 Å². The SMILES string of the molecule is CCOc1ccc(Br)cc1/C=N/NC(=S)Nc1ccccc1. The molecular formula is C16H16BrN3OS. The van der Waals surface area contributed by atoms with E-state index in [-0.39, 0.29) is 0 Å². The van der Waals surface area contributed by atoms with Gasteiger partial charge in [0.25, 0.3) is 0 Å². The van der Waals surface area contributed by atoms with E-state index in [1.165, 1.54) is 0 Å². The van der Waals surface area contributed by atoms with Crippen molar-refractivity contribution in [1.82, 2.24) is 5.43 Å². The van der Waals surface area contributed by atoms with E-state index in [0.717, 1.165) is 21.5 Å². The van der Waals surface area contributed by atoms with Crippen molar-refractivity contribution in [2.24, 2.45) is 5.10 Å². The van der Waals surface area contributed by atoms with E-state index >= 15 is 0 Å². The van der Waals surface area contributed by atoms with Crippen molar-refractivity contribution >= 4 is 45.2 Å². The molecule has 2 N–H and O–H groups in total. The number of anilines is 1. The fourth-order valence-electron chi connectivity index (χ4n) is 1.75. The van der Waals surface area contributed by atoms with Crippen LogP contribution in [-0.4, -0.2) is 17.9 Å². The van der Waals surface area contributed by atoms with Gasteiger partial charge in [0.15, 0.2) is 5.11 Å². The Morgan fingerprint density at radius 2 is 2.05 bits per heavy atom. The topological polar surface area (TPSA) is 45.6 Å². The second-order valence-corrected chi connectivity index (χ2v) is 5.63. The van der Waals surface area contributed by atoms with E-state index in [1.807, 2.05) is 55.5 Å². The number of hydrogen-bond acceptors (Lipinski definition) is 3. The highest BCUT2D eigenvalue weighted by atomic mass is 79.9. The number of halogens is 1. The highest BCUT2D eigenvalue weighted by Crippen LogP contribution is 2.21. The Bertz CT molecular complexity index is 662. The summed E-state index contributed by atoms with van der Waals surface area (Å²) < 4.78 is 6.52. The van der Waals surface area contributed by atoms with Gasteiger partial charge in [-0.3, -0.25) is 5.43 Å². The summed E-state index contributed by atoms with van der Waals surface area (Å²) in [5, 5.41) is 7.61. The Hall–Kier alpha value is -1.92. The van der Waals surface area contributed by atoms with Crippen molar-refractivity contribution in [3.05, 3.63) is 58.6 Å². The average molecular weight is 378 g/mol. The van der Waals surface area contributed by atoms with E-state index in [1.54, 1.807) is 6.21 Å². The second-order valence-electron chi connectivity index (χ2n) is 4.31. The fourth-order valence-corrected chi connectivity index (χ4v) is 2.30. The molecule has 0 fully saturated rings. The lowest BCUT2D eigenvalue weighted by atomic mass is 10.2. The zero-order chi connectivity index (χ0) is 15.8. The van der Waals surface area contributed by atoms with Gasteiger partial charge >= 0.3 is 0 Å². The minimum absolute atomic E-state index is 0.426. The molecule has 114 valence electrons. The molecule has 0 radical (unpaired) electrons. The van der Waals surface area contributed by atoms with Gasteiger partial charge in [-0.05, 0) is 49.5 Å². The first kappa shape index (κ1) is 16.5. The maximum atomic E-state index is 5.56. The Balaban J connectivity index is 1.97. The normalized spacial score (nSPS) is 10.5. The van der Waals surface area contributed by atoms with Crippen molar-refractivity contribution in [3.63, 3.8) is 0 Å². The van der Waals surface area contributed by atoms with Gasteiger partial charge in [0.2, 0.25) is 0 Å². The molecule has 0 aliphatic rings. The Kier molecular flexibility index (Phi) is 6.36. The number of thiocarbonyl (C=S) groups is 1. The molecule has 0 bridgehead atoms. The van der Waals surface area contributed by atoms with Crippen LogP contribution < -0.4 is 15.5 Å². The molecule has 0 aliphatic heterocycles. The molecule has 0 amide bonds. The maximum Gasteiger partial charge on any atom is 0.191 e. The molecule has 22 heavy (non-hydrogen) atoms. The lowest BCUT2D eigenvalue weighted by Crippen LogP contribution is -2.23. The van der Waals surface area contributed by atoms with Gasteiger partial charge in [-0.25, -0.2) is 0 Å². The largest absolute Gasteiger partial charge is 0.493 e. The average Bonchev–Trinajstić information content (AvgIpc) is 2.51. The molecule has 2 rings (SSSR count). The van der Waals surface area contributed by atoms with Crippen molar-refractivity contribution in [1.29, 1.82) is 0 Å². The van der Waals surface area contributed by atoms with Gasteiger partial charge < -0.3 is 10.1 Å². The van der Waals surface area contributed by atoms with E-state index in [9.17, 15) is 0 Å². The third-order valence-electron chi connectivity index (χ3n) is 2.67. The van der Waals surface area contributed by atoms with Gasteiger partial charge in [0.1, 0.15) is 5.75 Å². The van der Waals surface area contributed by atoms with Crippen LogP contribution in [0.25, 0.3) is 0 Å². The van der Waals surface area contributed by atoms with Crippen LogP contribution in [0.2, 0.25) is 0 Å². The number of hydrogen-bond donors (Lipinski definition) is 2. The zero-order valence-corrected chi connectivity index (χ0v) is 14.4. The monoisotopic (exact) mass is 377 g/mol. The predicted octanol–water partition coefficient (Wildman–Crippen LogP) is 4.17. The summed E-state index contributed by atoms with van der Waals surface area (Å²) in [4.78, 5) is 0. The standard InChI is InChI=1S/C16H16BrN3OS/c1-2-21-15-9-8-13(17)10-12(15)11-18-20-16(22)19-14-6-4-3-5-7-14/h3-11H,2H2,1H3,(H2,19,20,22)/b18-11+. The van der Waals surface area contributed by atoms with E-state index in [0.29, 0.717) is 11.7 Å². The summed E-state index contributed by atoms with van der Waals surface area (Å²) in [5.74, 6) is 0.776. The second kappa shape index (κ2) is 8.51. The molecule has 0 aromatic heterocycles. The highest BCUT2D eigenvalue weighted by molar-refractivity contribution is 9.10. The molecule has 0 heterocycles. The summed E-state index contributed by atoms with van der Waals surface area (Å²) in [6.07, 6.45) is 1.68. The maximum absolute atomic E-state index is 5.56. The summed E-state index contributed by atoms with van der Waals surface area (Å²) >= 11 is 8.62. The fraction of sp³-hybridized carbons (Fsp3) is 0.125. The van der Waals surface area contributed by atoms with Gasteiger partial charge in [-0.1, -0.05) is 34.1 Å². The van der Waals surface area contributed by atoms with Crippen molar-refractivity contribution in [2.75, 3.05) is 11.9 Å². The summed E-state index contributed by atoms with van der Waals surface area (Å²) in [7, 11) is 0. The first-order valence-corrected chi connectivity index (χ1v) is 7.96. The van der Waals surface area contributed by atoms with Crippen LogP contribution in [0, 0.1) is 0 Å². The number of nitrogens with zero attached hydrogens (tertiary/aromatic N) is 1. The number of rotatable bonds is 5.